The Kier molecular flexibility index (Phi) is 4.43. The molecule has 0 amide bonds. The molecular formula is C16H17ClFN. The molecule has 0 saturated heterocycles. The molecule has 19 heavy (non-hydrogen) atoms. The van der Waals surface area contributed by atoms with E-state index in [4.69, 9.17) is 11.6 Å². The van der Waals surface area contributed by atoms with Gasteiger partial charge in [0.15, 0.2) is 0 Å². The average Bonchev–Trinajstić information content (AvgIpc) is 2.39. The Morgan fingerprint density at radius 3 is 2.68 bits per heavy atom. The zero-order chi connectivity index (χ0) is 13.8. The van der Waals surface area contributed by atoms with Crippen LogP contribution in [0.3, 0.4) is 0 Å². The van der Waals surface area contributed by atoms with Crippen LogP contribution in [0.2, 0.25) is 5.02 Å². The molecule has 1 atom stereocenters. The van der Waals surface area contributed by atoms with E-state index in [1.807, 2.05) is 31.2 Å². The van der Waals surface area contributed by atoms with Crippen molar-refractivity contribution in [2.24, 2.45) is 0 Å². The number of hydrogen-bond donors (Lipinski definition) is 1. The van der Waals surface area contributed by atoms with Gasteiger partial charge in [0, 0.05) is 0 Å². The van der Waals surface area contributed by atoms with Gasteiger partial charge < -0.3 is 5.32 Å². The summed E-state index contributed by atoms with van der Waals surface area (Å²) in [6.07, 6.45) is 0.855. The third kappa shape index (κ3) is 3.48. The smallest absolute Gasteiger partial charge is 0.123 e. The molecule has 0 radical (unpaired) electrons. The maximum atomic E-state index is 13.3. The normalized spacial score (nSPS) is 12.2. The minimum Gasteiger partial charge on any atom is -0.377 e. The lowest BCUT2D eigenvalue weighted by Gasteiger charge is -2.20. The lowest BCUT2D eigenvalue weighted by atomic mass is 10.0. The maximum absolute atomic E-state index is 13.3. The van der Waals surface area contributed by atoms with Crippen LogP contribution in [0.4, 0.5) is 10.1 Å². The fourth-order valence-electron chi connectivity index (χ4n) is 2.08. The molecule has 1 N–H and O–H groups in total. The summed E-state index contributed by atoms with van der Waals surface area (Å²) < 4.78 is 13.3. The number of rotatable bonds is 4. The number of hydrogen-bond acceptors (Lipinski definition) is 1. The van der Waals surface area contributed by atoms with Crippen molar-refractivity contribution in [3.05, 3.63) is 64.4 Å². The third-order valence-corrected chi connectivity index (χ3v) is 3.44. The second kappa shape index (κ2) is 6.07. The van der Waals surface area contributed by atoms with Crippen molar-refractivity contribution in [3.8, 4) is 0 Å². The van der Waals surface area contributed by atoms with Crippen LogP contribution in [0.1, 0.15) is 30.5 Å². The monoisotopic (exact) mass is 277 g/mol. The van der Waals surface area contributed by atoms with E-state index in [1.54, 1.807) is 12.1 Å². The highest BCUT2D eigenvalue weighted by Crippen LogP contribution is 2.29. The van der Waals surface area contributed by atoms with Crippen LogP contribution in [-0.4, -0.2) is 0 Å². The largest absolute Gasteiger partial charge is 0.377 e. The van der Waals surface area contributed by atoms with Gasteiger partial charge in [-0.1, -0.05) is 36.7 Å². The molecule has 0 aliphatic rings. The Balaban J connectivity index is 2.26. The van der Waals surface area contributed by atoms with Gasteiger partial charge in [0.25, 0.3) is 0 Å². The number of halogens is 2. The Morgan fingerprint density at radius 1 is 1.21 bits per heavy atom. The summed E-state index contributed by atoms with van der Waals surface area (Å²) in [7, 11) is 0. The van der Waals surface area contributed by atoms with E-state index in [0.29, 0.717) is 5.02 Å². The van der Waals surface area contributed by atoms with Crippen molar-refractivity contribution in [3.63, 3.8) is 0 Å². The van der Waals surface area contributed by atoms with Crippen molar-refractivity contribution in [2.75, 3.05) is 5.32 Å². The highest BCUT2D eigenvalue weighted by atomic mass is 35.5. The molecule has 0 aliphatic carbocycles. The quantitative estimate of drug-likeness (QED) is 0.794. The van der Waals surface area contributed by atoms with Crippen LogP contribution in [0, 0.1) is 12.7 Å². The van der Waals surface area contributed by atoms with E-state index >= 15 is 0 Å². The summed E-state index contributed by atoms with van der Waals surface area (Å²) in [4.78, 5) is 0. The lowest BCUT2D eigenvalue weighted by Crippen LogP contribution is -2.10. The van der Waals surface area contributed by atoms with Crippen molar-refractivity contribution in [2.45, 2.75) is 26.3 Å². The summed E-state index contributed by atoms with van der Waals surface area (Å²) in [5.41, 5.74) is 2.96. The van der Waals surface area contributed by atoms with Gasteiger partial charge in [-0.2, -0.15) is 0 Å². The maximum Gasteiger partial charge on any atom is 0.123 e. The molecule has 3 heteroatoms. The molecule has 1 unspecified atom stereocenters. The molecule has 0 aromatic heterocycles. The van der Waals surface area contributed by atoms with Crippen LogP contribution in [0.15, 0.2) is 42.5 Å². The molecule has 2 rings (SSSR count). The highest BCUT2D eigenvalue weighted by Gasteiger charge is 2.11. The second-order valence-corrected chi connectivity index (χ2v) is 5.05. The Labute approximate surface area is 118 Å². The minimum absolute atomic E-state index is 0.0509. The van der Waals surface area contributed by atoms with Crippen molar-refractivity contribution in [1.29, 1.82) is 0 Å². The average molecular weight is 278 g/mol. The first-order valence-electron chi connectivity index (χ1n) is 6.38. The van der Waals surface area contributed by atoms with Crippen molar-refractivity contribution >= 4 is 17.3 Å². The fraction of sp³-hybridized carbons (Fsp3) is 0.250. The molecular weight excluding hydrogens is 261 g/mol. The number of nitrogens with one attached hydrogen (secondary N) is 1. The van der Waals surface area contributed by atoms with Gasteiger partial charge in [-0.15, -0.1) is 0 Å². The summed E-state index contributed by atoms with van der Waals surface area (Å²) in [6, 6.07) is 12.6. The van der Waals surface area contributed by atoms with Crippen molar-refractivity contribution in [1.82, 2.24) is 0 Å². The fourth-order valence-corrected chi connectivity index (χ4v) is 2.25. The van der Waals surface area contributed by atoms with Gasteiger partial charge in [-0.3, -0.25) is 0 Å². The predicted octanol–water partition coefficient (Wildman–Crippen LogP) is 5.35. The Bertz CT molecular complexity index is 568. The predicted molar refractivity (Wildman–Crippen MR) is 79.2 cm³/mol. The third-order valence-electron chi connectivity index (χ3n) is 3.11. The summed E-state index contributed by atoms with van der Waals surface area (Å²) in [5, 5.41) is 4.06. The molecule has 2 aromatic carbocycles. The van der Waals surface area contributed by atoms with Crippen LogP contribution in [-0.2, 0) is 0 Å². The first-order valence-corrected chi connectivity index (χ1v) is 6.76. The van der Waals surface area contributed by atoms with Crippen molar-refractivity contribution < 1.29 is 4.39 Å². The van der Waals surface area contributed by atoms with E-state index in [1.165, 1.54) is 6.07 Å². The van der Waals surface area contributed by atoms with Crippen LogP contribution in [0.5, 0.6) is 0 Å². The van der Waals surface area contributed by atoms with Crippen LogP contribution >= 0.6 is 11.6 Å². The molecule has 0 aliphatic heterocycles. The standard InChI is InChI=1S/C16H17ClFN/c1-3-15(12-5-4-6-13(18)10-12)19-16-9-11(2)7-8-14(16)17/h4-10,15,19H,3H2,1-2H3. The second-order valence-electron chi connectivity index (χ2n) is 4.64. The van der Waals surface area contributed by atoms with Gasteiger partial charge in [-0.05, 0) is 48.7 Å². The molecule has 0 heterocycles. The van der Waals surface area contributed by atoms with E-state index in [2.05, 4.69) is 12.2 Å². The summed E-state index contributed by atoms with van der Waals surface area (Å²) >= 11 is 6.18. The molecule has 2 aromatic rings. The van der Waals surface area contributed by atoms with Gasteiger partial charge in [-0.25, -0.2) is 4.39 Å². The first-order chi connectivity index (χ1) is 9.10. The number of aryl methyl sites for hydroxylation is 1. The zero-order valence-corrected chi connectivity index (χ0v) is 11.8. The van der Waals surface area contributed by atoms with Gasteiger partial charge in [0.2, 0.25) is 0 Å². The SMILES string of the molecule is CCC(Nc1cc(C)ccc1Cl)c1cccc(F)c1. The minimum atomic E-state index is -0.215. The van der Waals surface area contributed by atoms with E-state index in [9.17, 15) is 4.39 Å². The van der Waals surface area contributed by atoms with Gasteiger partial charge in [0.1, 0.15) is 5.82 Å². The molecule has 0 bridgehead atoms. The topological polar surface area (TPSA) is 12.0 Å². The van der Waals surface area contributed by atoms with Gasteiger partial charge in [0.05, 0.1) is 16.8 Å². The molecule has 100 valence electrons. The Hall–Kier alpha value is -1.54. The van der Waals surface area contributed by atoms with Gasteiger partial charge >= 0.3 is 0 Å². The summed E-state index contributed by atoms with van der Waals surface area (Å²) in [5.74, 6) is -0.215. The molecule has 0 fully saturated rings. The first kappa shape index (κ1) is 13.9. The molecule has 1 nitrogen and oxygen atoms in total. The van der Waals surface area contributed by atoms with Crippen LogP contribution in [0.25, 0.3) is 0 Å². The van der Waals surface area contributed by atoms with E-state index in [-0.39, 0.29) is 11.9 Å². The Morgan fingerprint density at radius 2 is 2.00 bits per heavy atom. The molecule has 0 saturated carbocycles. The molecule has 0 spiro atoms. The van der Waals surface area contributed by atoms with E-state index < -0.39 is 0 Å². The van der Waals surface area contributed by atoms with Crippen LogP contribution < -0.4 is 5.32 Å². The number of anilines is 1. The summed E-state index contributed by atoms with van der Waals surface area (Å²) in [6.45, 7) is 4.08. The number of benzene rings is 2. The lowest BCUT2D eigenvalue weighted by molar-refractivity contribution is 0.621. The zero-order valence-electron chi connectivity index (χ0n) is 11.1. The highest BCUT2D eigenvalue weighted by molar-refractivity contribution is 6.33. The van der Waals surface area contributed by atoms with E-state index in [0.717, 1.165) is 23.2 Å².